The Balaban J connectivity index is 1.74. The van der Waals surface area contributed by atoms with Crippen molar-refractivity contribution in [2.24, 2.45) is 0 Å². The zero-order valence-electron chi connectivity index (χ0n) is 14.5. The van der Waals surface area contributed by atoms with Gasteiger partial charge in [0.1, 0.15) is 6.54 Å². The normalized spacial score (nSPS) is 10.9. The summed E-state index contributed by atoms with van der Waals surface area (Å²) in [6.45, 7) is 6.45. The summed E-state index contributed by atoms with van der Waals surface area (Å²) in [6, 6.07) is 10.1. The Hall–Kier alpha value is -2.60. The SMILES string of the molecule is Cc1nn(Cc2ccccc2)c(C)c1NC(=O)Cn1ncc(Cl)c1C. The Labute approximate surface area is 151 Å². The Bertz CT molecular complexity index is 898. The lowest BCUT2D eigenvalue weighted by Gasteiger charge is -2.08. The first-order valence-corrected chi connectivity index (χ1v) is 8.39. The van der Waals surface area contributed by atoms with E-state index in [2.05, 4.69) is 27.6 Å². The summed E-state index contributed by atoms with van der Waals surface area (Å²) < 4.78 is 3.48. The van der Waals surface area contributed by atoms with E-state index in [4.69, 9.17) is 11.6 Å². The quantitative estimate of drug-likeness (QED) is 0.761. The monoisotopic (exact) mass is 357 g/mol. The molecule has 25 heavy (non-hydrogen) atoms. The molecule has 0 aliphatic rings. The van der Waals surface area contributed by atoms with Crippen LogP contribution in [0.4, 0.5) is 5.69 Å². The minimum atomic E-state index is -0.159. The lowest BCUT2D eigenvalue weighted by molar-refractivity contribution is -0.116. The van der Waals surface area contributed by atoms with Gasteiger partial charge in [0.25, 0.3) is 0 Å². The summed E-state index contributed by atoms with van der Waals surface area (Å²) in [5.41, 5.74) is 4.39. The molecule has 0 atom stereocenters. The van der Waals surface area contributed by atoms with Gasteiger partial charge in [0.15, 0.2) is 0 Å². The van der Waals surface area contributed by atoms with Crippen LogP contribution in [-0.2, 0) is 17.9 Å². The number of rotatable bonds is 5. The van der Waals surface area contributed by atoms with Crippen LogP contribution in [0.3, 0.4) is 0 Å². The average molecular weight is 358 g/mol. The molecule has 0 bridgehead atoms. The molecule has 0 saturated heterocycles. The van der Waals surface area contributed by atoms with Crippen molar-refractivity contribution in [2.75, 3.05) is 5.32 Å². The molecule has 3 aromatic rings. The Kier molecular flexibility index (Phi) is 4.90. The number of hydrogen-bond acceptors (Lipinski definition) is 3. The van der Waals surface area contributed by atoms with Gasteiger partial charge in [0, 0.05) is 0 Å². The predicted octanol–water partition coefficient (Wildman–Crippen LogP) is 3.35. The fourth-order valence-corrected chi connectivity index (χ4v) is 2.83. The van der Waals surface area contributed by atoms with E-state index in [1.54, 1.807) is 10.9 Å². The maximum atomic E-state index is 12.4. The van der Waals surface area contributed by atoms with Gasteiger partial charge in [0.2, 0.25) is 5.91 Å². The molecule has 0 aliphatic carbocycles. The van der Waals surface area contributed by atoms with Crippen LogP contribution in [0.15, 0.2) is 36.5 Å². The molecule has 0 saturated carbocycles. The van der Waals surface area contributed by atoms with Crippen molar-refractivity contribution in [3.63, 3.8) is 0 Å². The molecule has 7 heteroatoms. The summed E-state index contributed by atoms with van der Waals surface area (Å²) in [7, 11) is 0. The molecule has 0 aliphatic heterocycles. The predicted molar refractivity (Wildman–Crippen MR) is 97.8 cm³/mol. The summed E-state index contributed by atoms with van der Waals surface area (Å²) in [5, 5.41) is 12.1. The van der Waals surface area contributed by atoms with E-state index in [1.807, 2.05) is 43.7 Å². The molecule has 130 valence electrons. The van der Waals surface area contributed by atoms with Crippen molar-refractivity contribution in [1.82, 2.24) is 19.6 Å². The molecule has 2 heterocycles. The van der Waals surface area contributed by atoms with E-state index in [0.29, 0.717) is 11.6 Å². The molecule has 0 radical (unpaired) electrons. The van der Waals surface area contributed by atoms with Gasteiger partial charge in [-0.15, -0.1) is 0 Å². The zero-order chi connectivity index (χ0) is 18.0. The second-order valence-electron chi connectivity index (χ2n) is 5.97. The van der Waals surface area contributed by atoms with E-state index in [1.165, 1.54) is 0 Å². The number of benzene rings is 1. The smallest absolute Gasteiger partial charge is 0.246 e. The topological polar surface area (TPSA) is 64.7 Å². The van der Waals surface area contributed by atoms with Gasteiger partial charge in [-0.3, -0.25) is 14.2 Å². The van der Waals surface area contributed by atoms with E-state index < -0.39 is 0 Å². The van der Waals surface area contributed by atoms with Gasteiger partial charge < -0.3 is 5.32 Å². The fraction of sp³-hybridized carbons (Fsp3) is 0.278. The number of anilines is 1. The highest BCUT2D eigenvalue weighted by Crippen LogP contribution is 2.21. The molecule has 0 fully saturated rings. The lowest BCUT2D eigenvalue weighted by Crippen LogP contribution is -2.21. The number of aromatic nitrogens is 4. The fourth-order valence-electron chi connectivity index (χ4n) is 2.69. The summed E-state index contributed by atoms with van der Waals surface area (Å²) >= 11 is 5.98. The van der Waals surface area contributed by atoms with Gasteiger partial charge in [-0.1, -0.05) is 41.9 Å². The van der Waals surface area contributed by atoms with Crippen LogP contribution in [0, 0.1) is 20.8 Å². The van der Waals surface area contributed by atoms with Crippen LogP contribution in [0.1, 0.15) is 22.6 Å². The Morgan fingerprint density at radius 3 is 2.48 bits per heavy atom. The van der Waals surface area contributed by atoms with Crippen LogP contribution < -0.4 is 5.32 Å². The van der Waals surface area contributed by atoms with E-state index in [-0.39, 0.29) is 12.5 Å². The first kappa shape index (κ1) is 17.2. The Morgan fingerprint density at radius 1 is 1.12 bits per heavy atom. The average Bonchev–Trinajstić information content (AvgIpc) is 3.04. The number of amides is 1. The van der Waals surface area contributed by atoms with Gasteiger partial charge in [-0.25, -0.2) is 0 Å². The third-order valence-corrected chi connectivity index (χ3v) is 4.53. The van der Waals surface area contributed by atoms with Gasteiger partial charge in [-0.2, -0.15) is 10.2 Å². The first-order valence-electron chi connectivity index (χ1n) is 8.01. The maximum Gasteiger partial charge on any atom is 0.246 e. The molecule has 1 amide bonds. The Morgan fingerprint density at radius 2 is 1.84 bits per heavy atom. The van der Waals surface area contributed by atoms with E-state index >= 15 is 0 Å². The van der Waals surface area contributed by atoms with E-state index in [0.717, 1.165) is 28.3 Å². The van der Waals surface area contributed by atoms with Gasteiger partial charge in [0.05, 0.1) is 40.5 Å². The van der Waals surface area contributed by atoms with Crippen molar-refractivity contribution >= 4 is 23.2 Å². The number of carbonyl (C=O) groups is 1. The van der Waals surface area contributed by atoms with Gasteiger partial charge >= 0.3 is 0 Å². The standard InChI is InChI=1S/C18H20ClN5O/c1-12-18(21-17(25)11-23-13(2)16(19)9-20-23)14(3)24(22-12)10-15-7-5-4-6-8-15/h4-9H,10-11H2,1-3H3,(H,21,25). The van der Waals surface area contributed by atoms with Crippen molar-refractivity contribution in [3.05, 3.63) is 64.2 Å². The third-order valence-electron chi connectivity index (χ3n) is 4.16. The second-order valence-corrected chi connectivity index (χ2v) is 6.38. The lowest BCUT2D eigenvalue weighted by atomic mass is 10.2. The molecular formula is C18H20ClN5O. The summed E-state index contributed by atoms with van der Waals surface area (Å²) in [6.07, 6.45) is 1.54. The van der Waals surface area contributed by atoms with Crippen LogP contribution >= 0.6 is 11.6 Å². The zero-order valence-corrected chi connectivity index (χ0v) is 15.2. The molecule has 0 unspecified atom stereocenters. The molecule has 1 aromatic carbocycles. The van der Waals surface area contributed by atoms with Crippen molar-refractivity contribution in [2.45, 2.75) is 33.9 Å². The van der Waals surface area contributed by atoms with Crippen molar-refractivity contribution in [1.29, 1.82) is 0 Å². The van der Waals surface area contributed by atoms with Crippen molar-refractivity contribution < 1.29 is 4.79 Å². The third kappa shape index (κ3) is 3.74. The molecule has 1 N–H and O–H groups in total. The highest BCUT2D eigenvalue weighted by molar-refractivity contribution is 6.31. The van der Waals surface area contributed by atoms with Crippen LogP contribution in [0.5, 0.6) is 0 Å². The highest BCUT2D eigenvalue weighted by Gasteiger charge is 2.16. The van der Waals surface area contributed by atoms with E-state index in [9.17, 15) is 4.79 Å². The minimum absolute atomic E-state index is 0.112. The summed E-state index contributed by atoms with van der Waals surface area (Å²) in [4.78, 5) is 12.4. The van der Waals surface area contributed by atoms with Crippen LogP contribution in [0.2, 0.25) is 5.02 Å². The number of aryl methyl sites for hydroxylation is 1. The number of carbonyl (C=O) groups excluding carboxylic acids is 1. The van der Waals surface area contributed by atoms with Crippen molar-refractivity contribution in [3.8, 4) is 0 Å². The number of halogens is 1. The number of nitrogens with one attached hydrogen (secondary N) is 1. The number of hydrogen-bond donors (Lipinski definition) is 1. The first-order chi connectivity index (χ1) is 12.0. The van der Waals surface area contributed by atoms with Crippen LogP contribution in [0.25, 0.3) is 0 Å². The highest BCUT2D eigenvalue weighted by atomic mass is 35.5. The second kappa shape index (κ2) is 7.11. The maximum absolute atomic E-state index is 12.4. The summed E-state index contributed by atoms with van der Waals surface area (Å²) in [5.74, 6) is -0.159. The molecular weight excluding hydrogens is 338 g/mol. The molecule has 0 spiro atoms. The van der Waals surface area contributed by atoms with Crippen LogP contribution in [-0.4, -0.2) is 25.5 Å². The molecule has 2 aromatic heterocycles. The molecule has 3 rings (SSSR count). The minimum Gasteiger partial charge on any atom is -0.321 e. The largest absolute Gasteiger partial charge is 0.321 e. The number of nitrogens with zero attached hydrogens (tertiary/aromatic N) is 4. The van der Waals surface area contributed by atoms with Gasteiger partial charge in [-0.05, 0) is 26.3 Å². The molecule has 6 nitrogen and oxygen atoms in total.